The van der Waals surface area contributed by atoms with E-state index < -0.39 is 121 Å². The monoisotopic (exact) mass is 967 g/mol. The molecule has 3 aliphatic heterocycles. The lowest BCUT2D eigenvalue weighted by Crippen LogP contribution is -2.67. The number of esters is 2. The molecule has 4 saturated carbocycles. The second-order valence-corrected chi connectivity index (χ2v) is 23.6. The van der Waals surface area contributed by atoms with Gasteiger partial charge in [-0.1, -0.05) is 53.2 Å². The maximum absolute atomic E-state index is 13.2. The summed E-state index contributed by atoms with van der Waals surface area (Å²) in [5.74, 6) is -2.00. The van der Waals surface area contributed by atoms with Crippen molar-refractivity contribution >= 4 is 17.9 Å². The second-order valence-electron chi connectivity index (χ2n) is 23.6. The highest BCUT2D eigenvalue weighted by Crippen LogP contribution is 2.76. The summed E-state index contributed by atoms with van der Waals surface area (Å²) in [5, 5.41) is 78.3. The Labute approximate surface area is 399 Å². The number of carboxylic acids is 1. The third-order valence-electron chi connectivity index (χ3n) is 19.2. The van der Waals surface area contributed by atoms with Gasteiger partial charge in [0.25, 0.3) is 0 Å². The molecule has 18 nitrogen and oxygen atoms in total. The first-order chi connectivity index (χ1) is 31.8. The molecule has 3 heterocycles. The van der Waals surface area contributed by atoms with Crippen LogP contribution in [0.15, 0.2) is 11.6 Å². The zero-order valence-corrected chi connectivity index (χ0v) is 41.2. The van der Waals surface area contributed by atoms with E-state index in [2.05, 4.69) is 40.7 Å². The van der Waals surface area contributed by atoms with E-state index in [1.165, 1.54) is 12.5 Å². The van der Waals surface area contributed by atoms with Gasteiger partial charge < -0.3 is 73.6 Å². The average Bonchev–Trinajstić information content (AvgIpc) is 3.26. The molecular formula is C50H78O18. The fourth-order valence-corrected chi connectivity index (χ4v) is 15.2. The van der Waals surface area contributed by atoms with Gasteiger partial charge in [0, 0.05) is 19.3 Å². The van der Waals surface area contributed by atoms with Gasteiger partial charge in [0.1, 0.15) is 42.7 Å². The van der Waals surface area contributed by atoms with Gasteiger partial charge in [-0.05, 0) is 111 Å². The number of hydrogen-bond donors (Lipinski definition) is 7. The highest BCUT2D eigenvalue weighted by atomic mass is 16.8. The first-order valence-electron chi connectivity index (χ1n) is 24.9. The van der Waals surface area contributed by atoms with E-state index in [1.807, 2.05) is 6.92 Å². The number of ether oxygens (including phenoxy) is 8. The number of aliphatic carboxylic acids is 1. The van der Waals surface area contributed by atoms with Gasteiger partial charge in [-0.25, -0.2) is 0 Å². The highest BCUT2D eigenvalue weighted by Gasteiger charge is 2.70. The Morgan fingerprint density at radius 2 is 1.31 bits per heavy atom. The molecule has 5 aliphatic carbocycles. The number of allylic oxidation sites excluding steroid dienone is 2. The minimum Gasteiger partial charge on any atom is -0.481 e. The van der Waals surface area contributed by atoms with Crippen molar-refractivity contribution < 1.29 is 88.0 Å². The van der Waals surface area contributed by atoms with Crippen molar-refractivity contribution in [3.8, 4) is 0 Å². The number of carbonyl (C=O) groups is 3. The summed E-state index contributed by atoms with van der Waals surface area (Å²) in [6.45, 7) is 16.6. The Bertz CT molecular complexity index is 1930. The lowest BCUT2D eigenvalue weighted by atomic mass is 9.33. The minimum atomic E-state index is -1.80. The third-order valence-corrected chi connectivity index (χ3v) is 19.2. The number of carboxylic acid groups (broad SMARTS) is 1. The van der Waals surface area contributed by atoms with Crippen LogP contribution >= 0.6 is 0 Å². The van der Waals surface area contributed by atoms with Crippen LogP contribution in [0.5, 0.6) is 0 Å². The van der Waals surface area contributed by atoms with Crippen LogP contribution in [-0.4, -0.2) is 159 Å². The Morgan fingerprint density at radius 3 is 1.96 bits per heavy atom. The Kier molecular flexibility index (Phi) is 14.2. The lowest BCUT2D eigenvalue weighted by Gasteiger charge is -2.71. The summed E-state index contributed by atoms with van der Waals surface area (Å²) in [5.41, 5.74) is -0.653. The zero-order valence-electron chi connectivity index (χ0n) is 41.2. The molecule has 0 spiro atoms. The van der Waals surface area contributed by atoms with Crippen LogP contribution in [0, 0.1) is 50.2 Å². The summed E-state index contributed by atoms with van der Waals surface area (Å²) in [6, 6.07) is 0. The van der Waals surface area contributed by atoms with Gasteiger partial charge in [0.15, 0.2) is 31.1 Å². The molecule has 0 aromatic heterocycles. The number of rotatable bonds is 10. The number of hydrogen-bond acceptors (Lipinski definition) is 17. The molecule has 0 aromatic carbocycles. The summed E-state index contributed by atoms with van der Waals surface area (Å²) < 4.78 is 47.4. The van der Waals surface area contributed by atoms with Crippen LogP contribution in [-0.2, 0) is 52.3 Å². The van der Waals surface area contributed by atoms with Crippen molar-refractivity contribution in [2.45, 2.75) is 213 Å². The number of aliphatic hydroxyl groups excluding tert-OH is 6. The van der Waals surface area contributed by atoms with Gasteiger partial charge in [-0.3, -0.25) is 14.4 Å². The van der Waals surface area contributed by atoms with Crippen molar-refractivity contribution in [1.82, 2.24) is 0 Å². The predicted octanol–water partition coefficient (Wildman–Crippen LogP) is 3.13. The summed E-state index contributed by atoms with van der Waals surface area (Å²) in [7, 11) is 0. The molecule has 0 radical (unpaired) electrons. The Balaban J connectivity index is 1.01. The predicted molar refractivity (Wildman–Crippen MR) is 238 cm³/mol. The topological polar surface area (TPSA) is 267 Å². The molecular weight excluding hydrogens is 889 g/mol. The molecule has 68 heavy (non-hydrogen) atoms. The molecule has 7 N–H and O–H groups in total. The van der Waals surface area contributed by atoms with Crippen molar-refractivity contribution in [3.63, 3.8) is 0 Å². The maximum Gasteiger partial charge on any atom is 0.310 e. The largest absolute Gasteiger partial charge is 0.481 e. The second kappa shape index (κ2) is 18.6. The standard InChI is InChI=1S/C50H78O18/c1-24-34(56)38(67-43-40(65-26(3)53)37(64-25(2)52)30(55)22-62-43)36(58)41(63-24)68-39-35(57)29(54)21-61-42(39)66-33-13-14-46(6)31(47(33,7)23-51)12-15-49(9)32(46)11-10-27-28-20-45(4,5)16-18-50(28,44(59)60)19-17-48(27,49)8/h10,24,28-43,51,54-58H,11-23H2,1-9H3,(H,59,60)/t24-,28-,29-,30+,31+,32+,33-,34-,35-,36+,37-,38+,39+,40+,41-,42-,43-,46+,47+,48+,49+,50-/m0/s1. The SMILES string of the molecule is CC(=O)O[C@@H]1[C@@H](OC(C)=O)[C@H](O[C@@H]2[C@@H](O)[C@H](C)O[C@@H](O[C@H]3[C@H](O[C@H]4CC[C@]5(C)[C@@H](CC[C@]6(C)[C@@H]5CC=C5[C@@H]7CC(C)(C)CC[C@]7(C(=O)O)CC[C@]56C)[C@@]4(C)CO)OC[C@H](O)[C@@H]3O)[C@@H]2O)OC[C@H]1O. The summed E-state index contributed by atoms with van der Waals surface area (Å²) in [4.78, 5) is 37.2. The molecule has 7 fully saturated rings. The van der Waals surface area contributed by atoms with E-state index in [-0.39, 0.29) is 52.6 Å². The minimum absolute atomic E-state index is 0.00674. The average molecular weight is 967 g/mol. The van der Waals surface area contributed by atoms with Crippen LogP contribution in [0.1, 0.15) is 127 Å². The molecule has 18 heteroatoms. The van der Waals surface area contributed by atoms with Gasteiger partial charge in [0.05, 0.1) is 37.4 Å². The quantitative estimate of drug-likeness (QED) is 0.0942. The van der Waals surface area contributed by atoms with Crippen LogP contribution in [0.2, 0.25) is 0 Å². The first kappa shape index (κ1) is 52.0. The molecule has 22 atom stereocenters. The maximum atomic E-state index is 13.2. The van der Waals surface area contributed by atoms with Crippen molar-refractivity contribution in [2.75, 3.05) is 19.8 Å². The Morgan fingerprint density at radius 1 is 0.691 bits per heavy atom. The third kappa shape index (κ3) is 8.49. The fraction of sp³-hybridized carbons (Fsp3) is 0.900. The molecule has 0 unspecified atom stereocenters. The molecule has 3 saturated heterocycles. The number of fused-ring (bicyclic) bond motifs is 7. The molecule has 0 amide bonds. The van der Waals surface area contributed by atoms with E-state index in [0.717, 1.165) is 58.8 Å². The van der Waals surface area contributed by atoms with E-state index in [9.17, 15) is 50.1 Å². The summed E-state index contributed by atoms with van der Waals surface area (Å²) >= 11 is 0. The van der Waals surface area contributed by atoms with E-state index >= 15 is 0 Å². The Hall–Kier alpha value is -2.33. The molecule has 0 aromatic rings. The normalized spacial score (nSPS) is 51.1. The lowest BCUT2D eigenvalue weighted by molar-refractivity contribution is -0.379. The van der Waals surface area contributed by atoms with Crippen LogP contribution in [0.25, 0.3) is 0 Å². The van der Waals surface area contributed by atoms with Gasteiger partial charge in [-0.2, -0.15) is 0 Å². The number of aliphatic hydroxyl groups is 6. The number of carbonyl (C=O) groups excluding carboxylic acids is 2. The molecule has 0 bridgehead atoms. The summed E-state index contributed by atoms with van der Waals surface area (Å²) in [6.07, 6.45) is -9.55. The van der Waals surface area contributed by atoms with Gasteiger partial charge >= 0.3 is 17.9 Å². The van der Waals surface area contributed by atoms with Gasteiger partial charge in [0.2, 0.25) is 0 Å². The smallest absolute Gasteiger partial charge is 0.310 e. The fourth-order valence-electron chi connectivity index (χ4n) is 15.2. The van der Waals surface area contributed by atoms with Crippen molar-refractivity contribution in [3.05, 3.63) is 11.6 Å². The molecule has 8 aliphatic rings. The highest BCUT2D eigenvalue weighted by molar-refractivity contribution is 5.76. The van der Waals surface area contributed by atoms with E-state index in [4.69, 9.17) is 37.9 Å². The van der Waals surface area contributed by atoms with Crippen molar-refractivity contribution in [2.24, 2.45) is 50.2 Å². The van der Waals surface area contributed by atoms with Gasteiger partial charge in [-0.15, -0.1) is 0 Å². The molecule has 8 rings (SSSR count). The zero-order chi connectivity index (χ0) is 49.7. The molecule has 386 valence electrons. The van der Waals surface area contributed by atoms with E-state index in [0.29, 0.717) is 19.3 Å². The van der Waals surface area contributed by atoms with Crippen LogP contribution < -0.4 is 0 Å². The van der Waals surface area contributed by atoms with E-state index in [1.54, 1.807) is 0 Å². The first-order valence-corrected chi connectivity index (χ1v) is 24.9. The van der Waals surface area contributed by atoms with Crippen molar-refractivity contribution in [1.29, 1.82) is 0 Å². The van der Waals surface area contributed by atoms with Crippen LogP contribution in [0.4, 0.5) is 0 Å². The van der Waals surface area contributed by atoms with Crippen LogP contribution in [0.3, 0.4) is 0 Å².